The lowest BCUT2D eigenvalue weighted by atomic mass is 9.74. The van der Waals surface area contributed by atoms with Crippen molar-refractivity contribution < 1.29 is 19.4 Å². The quantitative estimate of drug-likeness (QED) is 0.435. The SMILES string of the molecule is Cc1ccc(NC(=O)N2CCCCN3[C@@H](COCC(=O)O)[C@H](c4ccc(C#Cc5ccccc5)cc4)[C@@H]3C2)cc1. The van der Waals surface area contributed by atoms with Crippen molar-refractivity contribution in [3.8, 4) is 11.8 Å². The second-order valence-electron chi connectivity index (χ2n) is 10.5. The number of rotatable bonds is 6. The summed E-state index contributed by atoms with van der Waals surface area (Å²) in [7, 11) is 0. The number of aryl methyl sites for hydroxylation is 1. The number of aliphatic carboxylic acids is 1. The largest absolute Gasteiger partial charge is 0.480 e. The van der Waals surface area contributed by atoms with E-state index in [0.29, 0.717) is 19.7 Å². The van der Waals surface area contributed by atoms with Crippen LogP contribution in [0.1, 0.15) is 41.0 Å². The molecule has 2 amide bonds. The number of carboxylic acids is 1. The average Bonchev–Trinajstić information content (AvgIpc) is 2.94. The first-order valence-electron chi connectivity index (χ1n) is 13.8. The Kier molecular flexibility index (Phi) is 8.80. The number of carbonyl (C=O) groups excluding carboxylic acids is 1. The fourth-order valence-electron chi connectivity index (χ4n) is 5.67. The van der Waals surface area contributed by atoms with E-state index in [1.54, 1.807) is 0 Å². The molecule has 5 rings (SSSR count). The molecule has 2 fully saturated rings. The van der Waals surface area contributed by atoms with Crippen LogP contribution in [0, 0.1) is 18.8 Å². The molecule has 3 aromatic carbocycles. The van der Waals surface area contributed by atoms with E-state index < -0.39 is 5.97 Å². The number of ether oxygens (including phenoxy) is 1. The first-order valence-corrected chi connectivity index (χ1v) is 13.8. The number of hydrogen-bond donors (Lipinski definition) is 2. The maximum absolute atomic E-state index is 13.3. The highest BCUT2D eigenvalue weighted by Gasteiger charge is 2.50. The number of hydrogen-bond acceptors (Lipinski definition) is 4. The van der Waals surface area contributed by atoms with Gasteiger partial charge in [-0.25, -0.2) is 9.59 Å². The van der Waals surface area contributed by atoms with E-state index in [2.05, 4.69) is 34.2 Å². The van der Waals surface area contributed by atoms with Gasteiger partial charge in [-0.1, -0.05) is 59.9 Å². The number of fused-ring (bicyclic) bond motifs is 1. The van der Waals surface area contributed by atoms with E-state index in [1.165, 1.54) is 0 Å². The molecule has 0 saturated carbocycles. The fourth-order valence-corrected chi connectivity index (χ4v) is 5.67. The molecular weight excluding hydrogens is 502 g/mol. The Hall–Kier alpha value is -4.12. The highest BCUT2D eigenvalue weighted by atomic mass is 16.5. The minimum atomic E-state index is -0.972. The summed E-state index contributed by atoms with van der Waals surface area (Å²) < 4.78 is 5.59. The van der Waals surface area contributed by atoms with Crippen LogP contribution in [0.15, 0.2) is 78.9 Å². The van der Waals surface area contributed by atoms with Crippen molar-refractivity contribution in [2.45, 2.75) is 37.8 Å². The van der Waals surface area contributed by atoms with Crippen molar-refractivity contribution in [1.29, 1.82) is 0 Å². The molecule has 40 heavy (non-hydrogen) atoms. The summed E-state index contributed by atoms with van der Waals surface area (Å²) in [5, 5.41) is 12.2. The molecule has 0 aromatic heterocycles. The molecular formula is C33H35N3O4. The molecule has 0 aliphatic carbocycles. The van der Waals surface area contributed by atoms with Crippen LogP contribution in [-0.4, -0.2) is 71.8 Å². The van der Waals surface area contributed by atoms with Crippen LogP contribution >= 0.6 is 0 Å². The summed E-state index contributed by atoms with van der Waals surface area (Å²) in [6.45, 7) is 4.22. The summed E-state index contributed by atoms with van der Waals surface area (Å²) in [6, 6.07) is 26.1. The van der Waals surface area contributed by atoms with Gasteiger partial charge in [0, 0.05) is 47.9 Å². The number of nitrogens with one attached hydrogen (secondary N) is 1. The third kappa shape index (κ3) is 6.71. The monoisotopic (exact) mass is 537 g/mol. The van der Waals surface area contributed by atoms with E-state index in [4.69, 9.17) is 9.84 Å². The third-order valence-electron chi connectivity index (χ3n) is 7.71. The number of anilines is 1. The predicted octanol–water partition coefficient (Wildman–Crippen LogP) is 4.96. The zero-order valence-electron chi connectivity index (χ0n) is 22.8. The van der Waals surface area contributed by atoms with Crippen molar-refractivity contribution in [1.82, 2.24) is 9.80 Å². The van der Waals surface area contributed by atoms with Gasteiger partial charge >= 0.3 is 12.0 Å². The molecule has 0 bridgehead atoms. The fraction of sp³-hybridized carbons (Fsp3) is 0.333. The van der Waals surface area contributed by atoms with Crippen LogP contribution in [0.3, 0.4) is 0 Å². The number of carbonyl (C=O) groups is 2. The Morgan fingerprint density at radius 1 is 0.925 bits per heavy atom. The standard InChI is InChI=1S/C33H35N3O4/c1-24-9-17-28(18-10-24)34-33(39)35-19-5-6-20-36-29(21-35)32(30(36)22-40-23-31(37)38)27-15-13-26(14-16-27)12-11-25-7-3-2-4-8-25/h2-4,7-10,13-18,29-30,32H,5-6,19-23H2,1H3,(H,34,39)(H,37,38)/t29-,30-,32+/m0/s1. The maximum atomic E-state index is 13.3. The Morgan fingerprint density at radius 3 is 2.30 bits per heavy atom. The van der Waals surface area contributed by atoms with Crippen molar-refractivity contribution in [2.24, 2.45) is 0 Å². The van der Waals surface area contributed by atoms with Crippen LogP contribution in [0.2, 0.25) is 0 Å². The molecule has 2 heterocycles. The molecule has 2 saturated heterocycles. The molecule has 3 aromatic rings. The van der Waals surface area contributed by atoms with Crippen molar-refractivity contribution in [3.63, 3.8) is 0 Å². The number of benzene rings is 3. The molecule has 7 nitrogen and oxygen atoms in total. The average molecular weight is 538 g/mol. The summed E-state index contributed by atoms with van der Waals surface area (Å²) >= 11 is 0. The van der Waals surface area contributed by atoms with Crippen LogP contribution < -0.4 is 5.32 Å². The normalized spacial score (nSPS) is 20.6. The Labute approximate surface area is 235 Å². The topological polar surface area (TPSA) is 82.1 Å². The van der Waals surface area contributed by atoms with Gasteiger partial charge in [-0.3, -0.25) is 4.90 Å². The van der Waals surface area contributed by atoms with Gasteiger partial charge < -0.3 is 20.1 Å². The third-order valence-corrected chi connectivity index (χ3v) is 7.71. The van der Waals surface area contributed by atoms with Gasteiger partial charge in [0.15, 0.2) is 0 Å². The summed E-state index contributed by atoms with van der Waals surface area (Å²) in [4.78, 5) is 28.7. The lowest BCUT2D eigenvalue weighted by molar-refractivity contribution is -0.145. The lowest BCUT2D eigenvalue weighted by Gasteiger charge is -2.57. The number of nitrogens with zero attached hydrogens (tertiary/aromatic N) is 2. The van der Waals surface area contributed by atoms with Gasteiger partial charge in [0.2, 0.25) is 0 Å². The Balaban J connectivity index is 1.34. The maximum Gasteiger partial charge on any atom is 0.329 e. The van der Waals surface area contributed by atoms with Gasteiger partial charge in [-0.05, 0) is 68.3 Å². The molecule has 2 aliphatic rings. The summed E-state index contributed by atoms with van der Waals surface area (Å²) in [6.07, 6.45) is 1.87. The molecule has 206 valence electrons. The van der Waals surface area contributed by atoms with Gasteiger partial charge in [0.05, 0.1) is 6.61 Å². The van der Waals surface area contributed by atoms with Crippen LogP contribution in [0.25, 0.3) is 0 Å². The summed E-state index contributed by atoms with van der Waals surface area (Å²) in [5.41, 5.74) is 4.97. The van der Waals surface area contributed by atoms with Gasteiger partial charge in [-0.15, -0.1) is 0 Å². The Bertz CT molecular complexity index is 1360. The molecule has 2 N–H and O–H groups in total. The number of urea groups is 1. The van der Waals surface area contributed by atoms with E-state index in [9.17, 15) is 9.59 Å². The summed E-state index contributed by atoms with van der Waals surface area (Å²) in [5.74, 6) is 5.57. The first-order chi connectivity index (χ1) is 19.5. The minimum absolute atomic E-state index is 0.0470. The lowest BCUT2D eigenvalue weighted by Crippen LogP contribution is -2.68. The smallest absolute Gasteiger partial charge is 0.329 e. The molecule has 0 radical (unpaired) electrons. The number of carboxylic acid groups (broad SMARTS) is 1. The highest BCUT2D eigenvalue weighted by molar-refractivity contribution is 5.89. The molecule has 0 unspecified atom stereocenters. The van der Waals surface area contributed by atoms with Crippen molar-refractivity contribution in [2.75, 3.05) is 38.2 Å². The van der Waals surface area contributed by atoms with Crippen LogP contribution in [-0.2, 0) is 9.53 Å². The van der Waals surface area contributed by atoms with Crippen molar-refractivity contribution >= 4 is 17.7 Å². The number of amides is 2. The molecule has 7 heteroatoms. The highest BCUT2D eigenvalue weighted by Crippen LogP contribution is 2.42. The zero-order valence-corrected chi connectivity index (χ0v) is 22.8. The van der Waals surface area contributed by atoms with Crippen LogP contribution in [0.5, 0.6) is 0 Å². The van der Waals surface area contributed by atoms with E-state index in [0.717, 1.165) is 47.3 Å². The molecule has 0 spiro atoms. The van der Waals surface area contributed by atoms with E-state index in [1.807, 2.05) is 78.6 Å². The Morgan fingerprint density at radius 2 is 1.60 bits per heavy atom. The first kappa shape index (κ1) is 27.4. The molecule has 2 aliphatic heterocycles. The van der Waals surface area contributed by atoms with Crippen LogP contribution in [0.4, 0.5) is 10.5 Å². The van der Waals surface area contributed by atoms with Gasteiger partial charge in [-0.2, -0.15) is 0 Å². The second-order valence-corrected chi connectivity index (χ2v) is 10.5. The van der Waals surface area contributed by atoms with Crippen molar-refractivity contribution in [3.05, 3.63) is 101 Å². The van der Waals surface area contributed by atoms with Gasteiger partial charge in [0.1, 0.15) is 6.61 Å². The van der Waals surface area contributed by atoms with E-state index >= 15 is 0 Å². The minimum Gasteiger partial charge on any atom is -0.480 e. The molecule has 3 atom stereocenters. The van der Waals surface area contributed by atoms with Gasteiger partial charge in [0.25, 0.3) is 0 Å². The predicted molar refractivity (Wildman–Crippen MR) is 155 cm³/mol. The van der Waals surface area contributed by atoms with E-state index in [-0.39, 0.29) is 30.6 Å². The zero-order chi connectivity index (χ0) is 27.9. The second kappa shape index (κ2) is 12.8.